The zero-order valence-corrected chi connectivity index (χ0v) is 7.52. The van der Waals surface area contributed by atoms with Crippen LogP contribution in [-0.2, 0) is 0 Å². The summed E-state index contributed by atoms with van der Waals surface area (Å²) in [5, 5.41) is 2.84. The topological polar surface area (TPSA) is 50.4 Å². The molecule has 0 saturated carbocycles. The molecule has 0 aliphatic heterocycles. The van der Waals surface area contributed by atoms with Crippen molar-refractivity contribution in [1.82, 2.24) is 5.32 Å². The van der Waals surface area contributed by atoms with Gasteiger partial charge in [0.05, 0.1) is 6.04 Å². The monoisotopic (exact) mass is 155 g/mol. The summed E-state index contributed by atoms with van der Waals surface area (Å²) < 4.78 is 0. The molecule has 1 atom stereocenters. The predicted molar refractivity (Wildman–Crippen MR) is 49.3 cm³/mol. The highest BCUT2D eigenvalue weighted by Crippen LogP contribution is 1.93. The number of aliphatic imine (C=N–C) groups is 1. The molecule has 0 aromatic rings. The van der Waals surface area contributed by atoms with E-state index >= 15 is 0 Å². The lowest BCUT2D eigenvalue weighted by molar-refractivity contribution is 0.711. The second kappa shape index (κ2) is 4.77. The van der Waals surface area contributed by atoms with Gasteiger partial charge in [0.2, 0.25) is 0 Å². The van der Waals surface area contributed by atoms with E-state index in [1.165, 1.54) is 0 Å². The second-order valence-corrected chi connectivity index (χ2v) is 2.68. The lowest BCUT2D eigenvalue weighted by Crippen LogP contribution is -2.30. The number of nitrogens with one attached hydrogen (secondary N) is 1. The number of rotatable bonds is 3. The lowest BCUT2D eigenvalue weighted by atomic mass is 10.3. The van der Waals surface area contributed by atoms with E-state index in [4.69, 9.17) is 5.73 Å². The smallest absolute Gasteiger partial charge is 0.193 e. The second-order valence-electron chi connectivity index (χ2n) is 2.68. The standard InChI is InChI=1S/C8H17N3/c1-5-7(4)11-8(9)10-6(2)3/h7H,2,5H2,1,3-4H3,(H3,9,10,11). The molecule has 0 aromatic carbocycles. The Morgan fingerprint density at radius 1 is 1.73 bits per heavy atom. The molecule has 0 spiro atoms. The number of nitrogens with zero attached hydrogens (tertiary/aromatic N) is 1. The number of allylic oxidation sites excluding steroid dienone is 1. The summed E-state index contributed by atoms with van der Waals surface area (Å²) >= 11 is 0. The fourth-order valence-corrected chi connectivity index (χ4v) is 0.580. The third-order valence-corrected chi connectivity index (χ3v) is 1.29. The Hall–Kier alpha value is -0.990. The molecule has 0 radical (unpaired) electrons. The van der Waals surface area contributed by atoms with Crippen LogP contribution in [0.1, 0.15) is 27.2 Å². The Labute approximate surface area is 68.4 Å². The highest BCUT2D eigenvalue weighted by molar-refractivity contribution is 5.79. The van der Waals surface area contributed by atoms with Gasteiger partial charge < -0.3 is 11.1 Å². The van der Waals surface area contributed by atoms with Crippen molar-refractivity contribution in [3.05, 3.63) is 12.3 Å². The normalized spacial score (nSPS) is 14.3. The summed E-state index contributed by atoms with van der Waals surface area (Å²) in [7, 11) is 0. The molecule has 64 valence electrons. The van der Waals surface area contributed by atoms with Crippen LogP contribution in [0.25, 0.3) is 0 Å². The van der Waals surface area contributed by atoms with Crippen molar-refractivity contribution < 1.29 is 0 Å². The van der Waals surface area contributed by atoms with Gasteiger partial charge >= 0.3 is 0 Å². The van der Waals surface area contributed by atoms with Crippen LogP contribution in [0, 0.1) is 0 Å². The van der Waals surface area contributed by atoms with Gasteiger partial charge in [-0.05, 0) is 20.3 Å². The van der Waals surface area contributed by atoms with Crippen LogP contribution >= 0.6 is 0 Å². The minimum absolute atomic E-state index is 0.279. The third-order valence-electron chi connectivity index (χ3n) is 1.29. The van der Waals surface area contributed by atoms with Gasteiger partial charge in [-0.3, -0.25) is 4.99 Å². The van der Waals surface area contributed by atoms with Crippen molar-refractivity contribution in [2.75, 3.05) is 0 Å². The molecule has 0 aliphatic carbocycles. The maximum Gasteiger partial charge on any atom is 0.193 e. The Kier molecular flexibility index (Phi) is 4.34. The molecular formula is C8H17N3. The molecule has 0 saturated heterocycles. The van der Waals surface area contributed by atoms with Gasteiger partial charge in [-0.2, -0.15) is 0 Å². The van der Waals surface area contributed by atoms with E-state index in [0.717, 1.165) is 12.1 Å². The van der Waals surface area contributed by atoms with Gasteiger partial charge in [0.25, 0.3) is 0 Å². The van der Waals surface area contributed by atoms with Crippen molar-refractivity contribution >= 4 is 5.96 Å². The van der Waals surface area contributed by atoms with Crippen molar-refractivity contribution in [3.8, 4) is 0 Å². The minimum Gasteiger partial charge on any atom is -0.370 e. The number of hydrogen-bond donors (Lipinski definition) is 2. The summed E-state index contributed by atoms with van der Waals surface area (Å²) in [5.41, 5.74) is 6.34. The Balaban J connectivity index is 3.89. The Bertz CT molecular complexity index is 161. The SMILES string of the molecule is C=C(C)NC(N)=NC(C)CC. The Morgan fingerprint density at radius 2 is 2.27 bits per heavy atom. The molecule has 1 unspecified atom stereocenters. The molecule has 0 amide bonds. The molecule has 0 fully saturated rings. The van der Waals surface area contributed by atoms with Gasteiger partial charge in [0.15, 0.2) is 5.96 Å². The highest BCUT2D eigenvalue weighted by atomic mass is 15.1. The zero-order chi connectivity index (χ0) is 8.85. The first-order valence-electron chi connectivity index (χ1n) is 3.82. The van der Waals surface area contributed by atoms with Gasteiger partial charge in [0, 0.05) is 5.70 Å². The summed E-state index contributed by atoms with van der Waals surface area (Å²) in [6, 6.07) is 0.279. The summed E-state index contributed by atoms with van der Waals surface area (Å²) in [5.74, 6) is 0.451. The maximum absolute atomic E-state index is 5.53. The van der Waals surface area contributed by atoms with Crippen LogP contribution in [0.2, 0.25) is 0 Å². The summed E-state index contributed by atoms with van der Waals surface area (Å²) in [4.78, 5) is 4.16. The van der Waals surface area contributed by atoms with E-state index in [0.29, 0.717) is 5.96 Å². The fraction of sp³-hybridized carbons (Fsp3) is 0.625. The van der Waals surface area contributed by atoms with E-state index in [-0.39, 0.29) is 6.04 Å². The van der Waals surface area contributed by atoms with Crippen molar-refractivity contribution in [2.45, 2.75) is 33.2 Å². The van der Waals surface area contributed by atoms with Crippen molar-refractivity contribution in [1.29, 1.82) is 0 Å². The van der Waals surface area contributed by atoms with Crippen molar-refractivity contribution in [3.63, 3.8) is 0 Å². The van der Waals surface area contributed by atoms with Crippen LogP contribution in [0.3, 0.4) is 0 Å². The first-order chi connectivity index (χ1) is 5.06. The average molecular weight is 155 g/mol. The number of nitrogens with two attached hydrogens (primary N) is 1. The molecule has 3 N–H and O–H groups in total. The van der Waals surface area contributed by atoms with Gasteiger partial charge in [-0.1, -0.05) is 13.5 Å². The minimum atomic E-state index is 0.279. The van der Waals surface area contributed by atoms with Gasteiger partial charge in [0.1, 0.15) is 0 Å². The largest absolute Gasteiger partial charge is 0.370 e. The summed E-state index contributed by atoms with van der Waals surface area (Å²) in [6.45, 7) is 9.59. The van der Waals surface area contributed by atoms with Gasteiger partial charge in [-0.15, -0.1) is 0 Å². The molecule has 0 aromatic heterocycles. The Morgan fingerprint density at radius 3 is 2.64 bits per heavy atom. The van der Waals surface area contributed by atoms with E-state index in [9.17, 15) is 0 Å². The van der Waals surface area contributed by atoms with Gasteiger partial charge in [-0.25, -0.2) is 0 Å². The average Bonchev–Trinajstić information content (AvgIpc) is 1.85. The first kappa shape index (κ1) is 10.0. The number of guanidine groups is 1. The summed E-state index contributed by atoms with van der Waals surface area (Å²) in [6.07, 6.45) is 0.999. The first-order valence-corrected chi connectivity index (χ1v) is 3.82. The van der Waals surface area contributed by atoms with E-state index in [2.05, 4.69) is 23.8 Å². The van der Waals surface area contributed by atoms with Crippen LogP contribution in [-0.4, -0.2) is 12.0 Å². The van der Waals surface area contributed by atoms with Crippen molar-refractivity contribution in [2.24, 2.45) is 10.7 Å². The third kappa shape index (κ3) is 5.45. The molecular weight excluding hydrogens is 138 g/mol. The molecule has 0 bridgehead atoms. The van der Waals surface area contributed by atoms with E-state index < -0.39 is 0 Å². The van der Waals surface area contributed by atoms with E-state index in [1.54, 1.807) is 0 Å². The molecule has 11 heavy (non-hydrogen) atoms. The molecule has 0 heterocycles. The lowest BCUT2D eigenvalue weighted by Gasteiger charge is -2.06. The number of hydrogen-bond acceptors (Lipinski definition) is 1. The van der Waals surface area contributed by atoms with Crippen LogP contribution < -0.4 is 11.1 Å². The molecule has 0 rings (SSSR count). The zero-order valence-electron chi connectivity index (χ0n) is 7.52. The van der Waals surface area contributed by atoms with E-state index in [1.807, 2.05) is 13.8 Å². The molecule has 3 heteroatoms. The van der Waals surface area contributed by atoms with Crippen LogP contribution in [0.15, 0.2) is 17.3 Å². The van der Waals surface area contributed by atoms with Crippen LogP contribution in [0.4, 0.5) is 0 Å². The molecule has 0 aliphatic rings. The van der Waals surface area contributed by atoms with Crippen LogP contribution in [0.5, 0.6) is 0 Å². The highest BCUT2D eigenvalue weighted by Gasteiger charge is 1.95. The fourth-order valence-electron chi connectivity index (χ4n) is 0.580. The maximum atomic E-state index is 5.53. The predicted octanol–water partition coefficient (Wildman–Crippen LogP) is 1.22. The molecule has 3 nitrogen and oxygen atoms in total. The quantitative estimate of drug-likeness (QED) is 0.475.